The van der Waals surface area contributed by atoms with Gasteiger partial charge in [-0.25, -0.2) is 9.37 Å². The molecule has 1 fully saturated rings. The van der Waals surface area contributed by atoms with Crippen molar-refractivity contribution >= 4 is 23.0 Å². The molecule has 3 heterocycles. The predicted molar refractivity (Wildman–Crippen MR) is 187 cm³/mol. The van der Waals surface area contributed by atoms with Gasteiger partial charge in [0.25, 0.3) is 0 Å². The Morgan fingerprint density at radius 3 is 2.23 bits per heavy atom. The van der Waals surface area contributed by atoms with Crippen LogP contribution in [0.4, 0.5) is 21.6 Å². The van der Waals surface area contributed by atoms with Gasteiger partial charge in [-0.3, -0.25) is 9.78 Å². The van der Waals surface area contributed by atoms with Crippen molar-refractivity contribution in [1.82, 2.24) is 9.97 Å². The average Bonchev–Trinajstić information content (AvgIpc) is 3.01. The van der Waals surface area contributed by atoms with Gasteiger partial charge >= 0.3 is 0 Å². The molecule has 7 nitrogen and oxygen atoms in total. The van der Waals surface area contributed by atoms with Crippen LogP contribution in [0.15, 0.2) is 73.1 Å². The minimum absolute atomic E-state index is 0.0610. The van der Waals surface area contributed by atoms with Gasteiger partial charge in [-0.05, 0) is 100 Å². The van der Waals surface area contributed by atoms with Gasteiger partial charge in [-0.2, -0.15) is 0 Å². The number of anilines is 3. The largest absolute Gasteiger partial charge is 0.493 e. The molecule has 0 aliphatic carbocycles. The summed E-state index contributed by atoms with van der Waals surface area (Å²) in [7, 11) is 0. The first-order chi connectivity index (χ1) is 22.3. The Morgan fingerprint density at radius 1 is 1.00 bits per heavy atom. The number of pyridine rings is 2. The van der Waals surface area contributed by atoms with Crippen LogP contribution in [0.1, 0.15) is 77.3 Å². The number of halogens is 1. The highest BCUT2D eigenvalue weighted by Crippen LogP contribution is 2.47. The molecular weight excluding hydrogens is 591 g/mol. The van der Waals surface area contributed by atoms with Gasteiger partial charge in [0.1, 0.15) is 23.5 Å². The molecular formula is C39H47FN4O3. The summed E-state index contributed by atoms with van der Waals surface area (Å²) in [6.07, 6.45) is 5.42. The topological polar surface area (TPSA) is 76.6 Å². The summed E-state index contributed by atoms with van der Waals surface area (Å²) in [5.74, 6) is 1.12. The highest BCUT2D eigenvalue weighted by Gasteiger charge is 2.36. The number of benzene rings is 2. The first-order valence-corrected chi connectivity index (χ1v) is 16.4. The van der Waals surface area contributed by atoms with Crippen molar-refractivity contribution < 1.29 is 18.7 Å². The van der Waals surface area contributed by atoms with E-state index in [1.165, 1.54) is 12.1 Å². The molecule has 1 aliphatic heterocycles. The summed E-state index contributed by atoms with van der Waals surface area (Å²) in [6, 6.07) is 18.3. The second-order valence-electron chi connectivity index (χ2n) is 14.2. The van der Waals surface area contributed by atoms with Crippen LogP contribution in [0.2, 0.25) is 0 Å². The van der Waals surface area contributed by atoms with E-state index in [-0.39, 0.29) is 17.0 Å². The van der Waals surface area contributed by atoms with Gasteiger partial charge in [0.2, 0.25) is 0 Å². The Hall–Kier alpha value is -4.30. The van der Waals surface area contributed by atoms with Crippen LogP contribution in [0.3, 0.4) is 0 Å². The van der Waals surface area contributed by atoms with Gasteiger partial charge in [-0.15, -0.1) is 0 Å². The van der Waals surface area contributed by atoms with Crippen molar-refractivity contribution in [2.24, 2.45) is 5.41 Å². The number of hydrogen-bond donors (Lipinski definition) is 1. The standard InChI is InChI=1S/C39H47FN4O3/c1-26-33(36(27(2)45)47-38(3,4)5)35(44-23-19-39(6,7)20-24-44)34(37(42-26)43-31-16-21-41-22-17-31)29-10-14-32(15-11-29)46-25-18-28-8-12-30(40)13-9-28/h8-17,21-22,36H,18-20,23-25H2,1-7H3,(H,41,42,43)/t36-/m1/s1. The smallest absolute Gasteiger partial charge is 0.163 e. The van der Waals surface area contributed by atoms with Crippen molar-refractivity contribution in [2.45, 2.75) is 79.4 Å². The van der Waals surface area contributed by atoms with E-state index in [1.54, 1.807) is 31.5 Å². The zero-order valence-corrected chi connectivity index (χ0v) is 28.7. The highest BCUT2D eigenvalue weighted by molar-refractivity contribution is 5.94. The molecule has 47 heavy (non-hydrogen) atoms. The lowest BCUT2D eigenvalue weighted by Gasteiger charge is -2.41. The molecule has 0 unspecified atom stereocenters. The number of rotatable bonds is 11. The zero-order valence-electron chi connectivity index (χ0n) is 28.7. The Labute approximate surface area is 278 Å². The number of nitrogens with one attached hydrogen (secondary N) is 1. The van der Waals surface area contributed by atoms with Crippen molar-refractivity contribution in [3.63, 3.8) is 0 Å². The quantitative estimate of drug-likeness (QED) is 0.176. The van der Waals surface area contributed by atoms with Crippen LogP contribution in [0.25, 0.3) is 11.1 Å². The van der Waals surface area contributed by atoms with Crippen LogP contribution in [-0.2, 0) is 16.0 Å². The van der Waals surface area contributed by atoms with E-state index in [0.29, 0.717) is 18.8 Å². The molecule has 1 saturated heterocycles. The summed E-state index contributed by atoms with van der Waals surface area (Å²) in [5.41, 5.74) is 5.93. The van der Waals surface area contributed by atoms with E-state index in [0.717, 1.165) is 71.0 Å². The number of nitrogens with zero attached hydrogens (tertiary/aromatic N) is 3. The fourth-order valence-corrected chi connectivity index (χ4v) is 5.97. The summed E-state index contributed by atoms with van der Waals surface area (Å²) in [6.45, 7) is 16.3. The zero-order chi connectivity index (χ0) is 33.8. The van der Waals surface area contributed by atoms with Crippen LogP contribution in [0, 0.1) is 18.2 Å². The molecule has 0 bridgehead atoms. The van der Waals surface area contributed by atoms with Gasteiger partial charge in [0.15, 0.2) is 5.78 Å². The second-order valence-corrected chi connectivity index (χ2v) is 14.2. The summed E-state index contributed by atoms with van der Waals surface area (Å²) >= 11 is 0. The highest BCUT2D eigenvalue weighted by atomic mass is 19.1. The van der Waals surface area contributed by atoms with E-state index < -0.39 is 11.7 Å². The Kier molecular flexibility index (Phi) is 10.3. The van der Waals surface area contributed by atoms with Crippen LogP contribution in [0.5, 0.6) is 5.75 Å². The maximum absolute atomic E-state index is 13.4. The fraction of sp³-hybridized carbons (Fsp3) is 0.410. The molecule has 5 rings (SSSR count). The van der Waals surface area contributed by atoms with Crippen LogP contribution in [-0.4, -0.2) is 41.0 Å². The van der Waals surface area contributed by atoms with Crippen LogP contribution < -0.4 is 15.0 Å². The number of ether oxygens (including phenoxy) is 2. The molecule has 1 aliphatic rings. The Bertz CT molecular complexity index is 1660. The third-order valence-electron chi connectivity index (χ3n) is 8.59. The molecule has 4 aromatic rings. The van der Waals surface area contributed by atoms with Crippen molar-refractivity contribution in [3.05, 3.63) is 95.7 Å². The molecule has 248 valence electrons. The van der Waals surface area contributed by atoms with Gasteiger partial charge < -0.3 is 19.7 Å². The number of carbonyl (C=O) groups is 1. The SMILES string of the molecule is CC(=O)[C@@H](OC(C)(C)C)c1c(C)nc(Nc2ccncc2)c(-c2ccc(OCCc3ccc(F)cc3)cc2)c1N1CCC(C)(C)CC1. The monoisotopic (exact) mass is 638 g/mol. The molecule has 0 radical (unpaired) electrons. The fourth-order valence-electron chi connectivity index (χ4n) is 5.97. The molecule has 0 saturated carbocycles. The minimum Gasteiger partial charge on any atom is -0.493 e. The number of Topliss-reactive ketones (excluding diaryl/α,β-unsaturated/α-hetero) is 1. The maximum Gasteiger partial charge on any atom is 0.163 e. The lowest BCUT2D eigenvalue weighted by Crippen LogP contribution is -2.39. The number of aryl methyl sites for hydroxylation is 1. The van der Waals surface area contributed by atoms with Gasteiger partial charge in [-0.1, -0.05) is 38.1 Å². The third-order valence-corrected chi connectivity index (χ3v) is 8.59. The number of piperidine rings is 1. The van der Waals surface area contributed by atoms with Crippen molar-refractivity contribution in [1.29, 1.82) is 0 Å². The first kappa shape index (κ1) is 34.0. The Morgan fingerprint density at radius 2 is 1.64 bits per heavy atom. The Balaban J connectivity index is 1.61. The molecule has 8 heteroatoms. The molecule has 0 spiro atoms. The molecule has 1 atom stereocenters. The number of carbonyl (C=O) groups excluding carboxylic acids is 1. The molecule has 2 aromatic carbocycles. The molecule has 1 N–H and O–H groups in total. The molecule has 2 aromatic heterocycles. The minimum atomic E-state index is -0.782. The summed E-state index contributed by atoms with van der Waals surface area (Å²) < 4.78 is 25.9. The normalized spacial score (nSPS) is 15.3. The van der Waals surface area contributed by atoms with Gasteiger partial charge in [0, 0.05) is 54.4 Å². The number of ketones is 1. The third kappa shape index (κ3) is 8.74. The van der Waals surface area contributed by atoms with Crippen molar-refractivity contribution in [3.8, 4) is 16.9 Å². The summed E-state index contributed by atoms with van der Waals surface area (Å²) in [5, 5.41) is 3.56. The maximum atomic E-state index is 13.4. The van der Waals surface area contributed by atoms with Crippen molar-refractivity contribution in [2.75, 3.05) is 29.9 Å². The van der Waals surface area contributed by atoms with Gasteiger partial charge in [0.05, 0.1) is 17.9 Å². The lowest BCUT2D eigenvalue weighted by atomic mass is 9.82. The predicted octanol–water partition coefficient (Wildman–Crippen LogP) is 9.03. The van der Waals surface area contributed by atoms with E-state index in [1.807, 2.05) is 64.1 Å². The number of aromatic nitrogens is 2. The van der Waals surface area contributed by atoms with E-state index in [2.05, 4.69) is 29.0 Å². The lowest BCUT2D eigenvalue weighted by molar-refractivity contribution is -0.138. The second kappa shape index (κ2) is 14.2. The first-order valence-electron chi connectivity index (χ1n) is 16.4. The van der Waals surface area contributed by atoms with E-state index in [9.17, 15) is 9.18 Å². The van der Waals surface area contributed by atoms with E-state index >= 15 is 0 Å². The molecule has 0 amide bonds. The summed E-state index contributed by atoms with van der Waals surface area (Å²) in [4.78, 5) is 25.1. The van der Waals surface area contributed by atoms with E-state index in [4.69, 9.17) is 14.5 Å². The van der Waals surface area contributed by atoms with Crippen LogP contribution >= 0.6 is 0 Å². The average molecular weight is 639 g/mol. The number of hydrogen-bond acceptors (Lipinski definition) is 7.